The third kappa shape index (κ3) is 9.54. The molecule has 0 heterocycles. The summed E-state index contributed by atoms with van der Waals surface area (Å²) in [6, 6.07) is 4.03. The first-order valence-corrected chi connectivity index (χ1v) is 13.1. The summed E-state index contributed by atoms with van der Waals surface area (Å²) in [7, 11) is 0. The normalized spacial score (nSPS) is 13.3. The van der Waals surface area contributed by atoms with Crippen LogP contribution < -0.4 is 10.6 Å². The molecule has 1 aromatic rings. The molecule has 0 saturated carbocycles. The van der Waals surface area contributed by atoms with Gasteiger partial charge in [0.05, 0.1) is 13.0 Å². The summed E-state index contributed by atoms with van der Waals surface area (Å²) in [5.41, 5.74) is -1.42. The van der Waals surface area contributed by atoms with Crippen LogP contribution in [0.25, 0.3) is 0 Å². The van der Waals surface area contributed by atoms with Crippen molar-refractivity contribution in [3.05, 3.63) is 29.8 Å². The topological polar surface area (TPSA) is 134 Å². The summed E-state index contributed by atoms with van der Waals surface area (Å²) < 4.78 is 10.3. The van der Waals surface area contributed by atoms with Crippen molar-refractivity contribution in [1.82, 2.24) is 15.5 Å². The first-order valence-electron chi connectivity index (χ1n) is 13.1. The number of esters is 1. The Labute approximate surface area is 226 Å². The number of rotatable bonds is 12. The summed E-state index contributed by atoms with van der Waals surface area (Å²) in [6.45, 7) is 16.1. The maximum Gasteiger partial charge on any atom is 0.408 e. The van der Waals surface area contributed by atoms with E-state index >= 15 is 0 Å². The van der Waals surface area contributed by atoms with Crippen molar-refractivity contribution in [1.29, 1.82) is 0 Å². The predicted octanol–water partition coefficient (Wildman–Crippen LogP) is 4.07. The van der Waals surface area contributed by atoms with Crippen LogP contribution in [0, 0.1) is 5.92 Å². The van der Waals surface area contributed by atoms with Crippen LogP contribution in [0.3, 0.4) is 0 Å². The van der Waals surface area contributed by atoms with Crippen molar-refractivity contribution in [2.24, 2.45) is 5.92 Å². The highest BCUT2D eigenvalue weighted by atomic mass is 16.6. The molecular formula is C28H45N3O7. The van der Waals surface area contributed by atoms with E-state index in [1.54, 1.807) is 59.7 Å². The molecule has 0 spiro atoms. The summed E-state index contributed by atoms with van der Waals surface area (Å²) in [5, 5.41) is 16.1. The maximum atomic E-state index is 14.2. The Morgan fingerprint density at radius 3 is 2.13 bits per heavy atom. The van der Waals surface area contributed by atoms with Gasteiger partial charge in [-0.05, 0) is 59.9 Å². The van der Waals surface area contributed by atoms with Gasteiger partial charge in [-0.2, -0.15) is 0 Å². The standard InChI is InChI=1S/C28H45N3O7/c1-10-28(8,9)31(25(35)22(18(3)4)30-26(36)38-27(5,6)7)23(19-14-12-13-15-20(19)32)24(34)29-17-16-21(33)37-11-2/h12-15,18,22-23,32H,10-11,16-17H2,1-9H3,(H,29,34)(H,30,36). The van der Waals surface area contributed by atoms with Crippen LogP contribution in [-0.4, -0.2) is 64.2 Å². The number of alkyl carbamates (subject to hydrolysis) is 1. The highest BCUT2D eigenvalue weighted by molar-refractivity contribution is 5.93. The number of hydrogen-bond acceptors (Lipinski definition) is 7. The van der Waals surface area contributed by atoms with Gasteiger partial charge in [0.15, 0.2) is 0 Å². The number of phenols is 1. The summed E-state index contributed by atoms with van der Waals surface area (Å²) in [6.07, 6.45) is -0.333. The Hall–Kier alpha value is -3.30. The van der Waals surface area contributed by atoms with E-state index < -0.39 is 47.1 Å². The lowest BCUT2D eigenvalue weighted by atomic mass is 9.90. The van der Waals surface area contributed by atoms with Gasteiger partial charge in [0.25, 0.3) is 0 Å². The van der Waals surface area contributed by atoms with Gasteiger partial charge in [-0.3, -0.25) is 14.4 Å². The molecule has 10 heteroatoms. The molecule has 0 fully saturated rings. The number of amides is 3. The van der Waals surface area contributed by atoms with Gasteiger partial charge in [-0.25, -0.2) is 4.79 Å². The molecule has 10 nitrogen and oxygen atoms in total. The smallest absolute Gasteiger partial charge is 0.408 e. The molecule has 0 aliphatic rings. The predicted molar refractivity (Wildman–Crippen MR) is 144 cm³/mol. The zero-order valence-corrected chi connectivity index (χ0v) is 24.2. The van der Waals surface area contributed by atoms with Crippen LogP contribution in [-0.2, 0) is 23.9 Å². The zero-order valence-electron chi connectivity index (χ0n) is 24.2. The van der Waals surface area contributed by atoms with Crippen molar-refractivity contribution < 1.29 is 33.8 Å². The van der Waals surface area contributed by atoms with Gasteiger partial charge >= 0.3 is 12.1 Å². The Balaban J connectivity index is 3.54. The fourth-order valence-corrected chi connectivity index (χ4v) is 3.78. The van der Waals surface area contributed by atoms with E-state index in [1.165, 1.54) is 11.0 Å². The van der Waals surface area contributed by atoms with Crippen LogP contribution in [0.15, 0.2) is 24.3 Å². The van der Waals surface area contributed by atoms with E-state index in [1.807, 2.05) is 20.8 Å². The summed E-state index contributed by atoms with van der Waals surface area (Å²) >= 11 is 0. The van der Waals surface area contributed by atoms with Crippen LogP contribution in [0.2, 0.25) is 0 Å². The lowest BCUT2D eigenvalue weighted by Gasteiger charge is -2.45. The number of phenolic OH excluding ortho intramolecular Hbond substituents is 1. The van der Waals surface area contributed by atoms with E-state index in [4.69, 9.17) is 9.47 Å². The second kappa shape index (κ2) is 14.0. The minimum Gasteiger partial charge on any atom is -0.508 e. The lowest BCUT2D eigenvalue weighted by molar-refractivity contribution is -0.150. The van der Waals surface area contributed by atoms with Gasteiger partial charge in [0.1, 0.15) is 23.4 Å². The molecule has 0 aromatic heterocycles. The van der Waals surface area contributed by atoms with Gasteiger partial charge < -0.3 is 30.1 Å². The minimum atomic E-state index is -1.25. The molecule has 2 atom stereocenters. The van der Waals surface area contributed by atoms with Crippen molar-refractivity contribution in [2.45, 2.75) is 98.4 Å². The quantitative estimate of drug-likeness (QED) is 0.344. The maximum absolute atomic E-state index is 14.2. The van der Waals surface area contributed by atoms with E-state index in [9.17, 15) is 24.3 Å². The van der Waals surface area contributed by atoms with E-state index in [2.05, 4.69) is 10.6 Å². The van der Waals surface area contributed by atoms with Crippen LogP contribution in [0.4, 0.5) is 4.79 Å². The number of nitrogens with zero attached hydrogens (tertiary/aromatic N) is 1. The molecule has 0 aliphatic carbocycles. The van der Waals surface area contributed by atoms with Gasteiger partial charge in [0.2, 0.25) is 11.8 Å². The minimum absolute atomic E-state index is 0.0138. The van der Waals surface area contributed by atoms with Gasteiger partial charge in [-0.15, -0.1) is 0 Å². The Morgan fingerprint density at radius 2 is 1.63 bits per heavy atom. The second-order valence-corrected chi connectivity index (χ2v) is 11.0. The van der Waals surface area contributed by atoms with Gasteiger partial charge in [-0.1, -0.05) is 39.0 Å². The average molecular weight is 536 g/mol. The van der Waals surface area contributed by atoms with Crippen molar-refractivity contribution in [2.75, 3.05) is 13.2 Å². The number of carbonyl (C=O) groups is 4. The van der Waals surface area contributed by atoms with Crippen LogP contribution in [0.5, 0.6) is 5.75 Å². The molecule has 3 amide bonds. The first-order chi connectivity index (χ1) is 17.6. The number of carbonyl (C=O) groups excluding carboxylic acids is 4. The highest BCUT2D eigenvalue weighted by Gasteiger charge is 2.44. The fraction of sp³-hybridized carbons (Fsp3) is 0.643. The molecule has 214 valence electrons. The number of nitrogens with one attached hydrogen (secondary N) is 2. The van der Waals surface area contributed by atoms with E-state index in [0.29, 0.717) is 6.42 Å². The lowest BCUT2D eigenvalue weighted by Crippen LogP contribution is -2.60. The third-order valence-electron chi connectivity index (χ3n) is 6.03. The van der Waals surface area contributed by atoms with Crippen LogP contribution in [0.1, 0.15) is 86.8 Å². The Bertz CT molecular complexity index is 969. The number of benzene rings is 1. The van der Waals surface area contributed by atoms with Gasteiger partial charge in [0, 0.05) is 17.6 Å². The molecule has 0 saturated heterocycles. The zero-order chi connectivity index (χ0) is 29.3. The molecule has 38 heavy (non-hydrogen) atoms. The Morgan fingerprint density at radius 1 is 1.03 bits per heavy atom. The molecule has 0 radical (unpaired) electrons. The molecule has 2 unspecified atom stereocenters. The molecule has 1 rings (SSSR count). The second-order valence-electron chi connectivity index (χ2n) is 11.0. The summed E-state index contributed by atoms with van der Waals surface area (Å²) in [5.74, 6) is -2.06. The van der Waals surface area contributed by atoms with E-state index in [0.717, 1.165) is 0 Å². The Kier molecular flexibility index (Phi) is 12.1. The third-order valence-corrected chi connectivity index (χ3v) is 6.03. The van der Waals surface area contributed by atoms with Crippen molar-refractivity contribution in [3.8, 4) is 5.75 Å². The molecule has 0 bridgehead atoms. The molecule has 0 aliphatic heterocycles. The molecular weight excluding hydrogens is 490 g/mol. The van der Waals surface area contributed by atoms with Crippen molar-refractivity contribution >= 4 is 23.9 Å². The number of hydrogen-bond donors (Lipinski definition) is 3. The highest BCUT2D eigenvalue weighted by Crippen LogP contribution is 2.36. The monoisotopic (exact) mass is 535 g/mol. The fourth-order valence-electron chi connectivity index (χ4n) is 3.78. The van der Waals surface area contributed by atoms with E-state index in [-0.39, 0.29) is 36.8 Å². The SMILES string of the molecule is CCOC(=O)CCNC(=O)C(c1ccccc1O)N(C(=O)C(NC(=O)OC(C)(C)C)C(C)C)C(C)(C)CC. The number of ether oxygens (including phenoxy) is 2. The average Bonchev–Trinajstić information content (AvgIpc) is 2.79. The molecule has 1 aromatic carbocycles. The van der Waals surface area contributed by atoms with Crippen molar-refractivity contribution in [3.63, 3.8) is 0 Å². The largest absolute Gasteiger partial charge is 0.508 e. The number of para-hydroxylation sites is 1. The summed E-state index contributed by atoms with van der Waals surface area (Å²) in [4.78, 5) is 53.7. The first kappa shape index (κ1) is 32.7. The molecule has 3 N–H and O–H groups in total. The number of aromatic hydroxyl groups is 1. The van der Waals surface area contributed by atoms with Crippen LogP contribution >= 0.6 is 0 Å².